The van der Waals surface area contributed by atoms with E-state index in [-0.39, 0.29) is 12.0 Å². The third-order valence-electron chi connectivity index (χ3n) is 3.47. The third-order valence-corrected chi connectivity index (χ3v) is 3.47. The molecule has 0 fully saturated rings. The average Bonchev–Trinajstić information content (AvgIpc) is 2.39. The molecule has 0 heterocycles. The normalized spacial score (nSPS) is 15.4. The van der Waals surface area contributed by atoms with Crippen molar-refractivity contribution in [3.8, 4) is 0 Å². The van der Waals surface area contributed by atoms with Crippen LogP contribution in [0.5, 0.6) is 0 Å². The average molecular weight is 246 g/mol. The molecule has 1 heteroatoms. The fraction of sp³-hybridized carbons (Fsp3) is 0.529. The van der Waals surface area contributed by atoms with Crippen LogP contribution in [0, 0.1) is 0 Å². The molecular weight excluding hydrogens is 220 g/mol. The van der Waals surface area contributed by atoms with Crippen LogP contribution < -0.4 is 0 Å². The van der Waals surface area contributed by atoms with Gasteiger partial charge in [-0.15, -0.1) is 0 Å². The number of aliphatic hydroxyl groups excluding tert-OH is 1. The van der Waals surface area contributed by atoms with Crippen LogP contribution >= 0.6 is 0 Å². The zero-order valence-corrected chi connectivity index (χ0v) is 11.9. The summed E-state index contributed by atoms with van der Waals surface area (Å²) < 4.78 is 0. The summed E-state index contributed by atoms with van der Waals surface area (Å²) in [7, 11) is 0. The monoisotopic (exact) mass is 246 g/mol. The van der Waals surface area contributed by atoms with Crippen molar-refractivity contribution in [2.45, 2.75) is 58.5 Å². The predicted molar refractivity (Wildman–Crippen MR) is 78.8 cm³/mol. The van der Waals surface area contributed by atoms with Gasteiger partial charge in [-0.25, -0.2) is 0 Å². The number of rotatable bonds is 7. The zero-order chi connectivity index (χ0) is 13.4. The summed E-state index contributed by atoms with van der Waals surface area (Å²) in [5, 5.41) is 10.2. The van der Waals surface area contributed by atoms with E-state index >= 15 is 0 Å². The van der Waals surface area contributed by atoms with Crippen molar-refractivity contribution in [3.05, 3.63) is 47.5 Å². The SMILES string of the molecule is CCCCC/C(C)=C/[C@H](O)[C@H](C)c1ccccc1. The second-order valence-electron chi connectivity index (χ2n) is 5.16. The summed E-state index contributed by atoms with van der Waals surface area (Å²) in [4.78, 5) is 0. The van der Waals surface area contributed by atoms with E-state index in [9.17, 15) is 5.11 Å². The van der Waals surface area contributed by atoms with Gasteiger partial charge in [0.2, 0.25) is 0 Å². The molecule has 0 saturated carbocycles. The van der Waals surface area contributed by atoms with Crippen molar-refractivity contribution < 1.29 is 5.11 Å². The maximum absolute atomic E-state index is 10.2. The van der Waals surface area contributed by atoms with Crippen molar-refractivity contribution in [1.29, 1.82) is 0 Å². The van der Waals surface area contributed by atoms with Gasteiger partial charge >= 0.3 is 0 Å². The van der Waals surface area contributed by atoms with Gasteiger partial charge in [-0.3, -0.25) is 0 Å². The minimum Gasteiger partial charge on any atom is -0.388 e. The van der Waals surface area contributed by atoms with E-state index in [1.807, 2.05) is 24.3 Å². The van der Waals surface area contributed by atoms with Crippen LogP contribution in [0.15, 0.2) is 42.0 Å². The van der Waals surface area contributed by atoms with Gasteiger partial charge in [-0.1, -0.05) is 68.7 Å². The van der Waals surface area contributed by atoms with Crippen LogP contribution in [0.2, 0.25) is 0 Å². The maximum atomic E-state index is 10.2. The molecule has 1 nitrogen and oxygen atoms in total. The summed E-state index contributed by atoms with van der Waals surface area (Å²) in [6.45, 7) is 6.41. The molecule has 1 aromatic rings. The highest BCUT2D eigenvalue weighted by molar-refractivity contribution is 5.22. The maximum Gasteiger partial charge on any atom is 0.0789 e. The van der Waals surface area contributed by atoms with E-state index in [1.54, 1.807) is 0 Å². The lowest BCUT2D eigenvalue weighted by Crippen LogP contribution is -2.13. The highest BCUT2D eigenvalue weighted by atomic mass is 16.3. The van der Waals surface area contributed by atoms with Crippen LogP contribution in [-0.4, -0.2) is 11.2 Å². The van der Waals surface area contributed by atoms with E-state index in [2.05, 4.69) is 32.9 Å². The minimum absolute atomic E-state index is 0.160. The van der Waals surface area contributed by atoms with Crippen LogP contribution in [0.25, 0.3) is 0 Å². The summed E-state index contributed by atoms with van der Waals surface area (Å²) in [5.41, 5.74) is 2.50. The first-order chi connectivity index (χ1) is 8.65. The molecule has 18 heavy (non-hydrogen) atoms. The van der Waals surface area contributed by atoms with Gasteiger partial charge in [0.15, 0.2) is 0 Å². The summed E-state index contributed by atoms with van der Waals surface area (Å²) in [6.07, 6.45) is 6.49. The molecule has 100 valence electrons. The lowest BCUT2D eigenvalue weighted by Gasteiger charge is -2.17. The number of aliphatic hydroxyl groups is 1. The number of benzene rings is 1. The Bertz CT molecular complexity index is 353. The molecule has 2 atom stereocenters. The molecule has 0 radical (unpaired) electrons. The fourth-order valence-electron chi connectivity index (χ4n) is 2.13. The van der Waals surface area contributed by atoms with Gasteiger partial charge in [0.1, 0.15) is 0 Å². The lowest BCUT2D eigenvalue weighted by atomic mass is 9.93. The van der Waals surface area contributed by atoms with Gasteiger partial charge in [-0.2, -0.15) is 0 Å². The van der Waals surface area contributed by atoms with Crippen LogP contribution in [0.1, 0.15) is 57.9 Å². The molecule has 0 unspecified atom stereocenters. The third kappa shape index (κ3) is 5.05. The van der Waals surface area contributed by atoms with Gasteiger partial charge in [0.25, 0.3) is 0 Å². The molecule has 0 aliphatic rings. The van der Waals surface area contributed by atoms with E-state index in [0.29, 0.717) is 0 Å². The number of unbranched alkanes of at least 4 members (excludes halogenated alkanes) is 2. The summed E-state index contributed by atoms with van der Waals surface area (Å²) >= 11 is 0. The standard InChI is InChI=1S/C17H26O/c1-4-5-7-10-14(2)13-17(18)15(3)16-11-8-6-9-12-16/h6,8-9,11-13,15,17-18H,4-5,7,10H2,1-3H3/b14-13+/t15-,17+/m1/s1. The van der Waals surface area contributed by atoms with Crippen molar-refractivity contribution in [2.75, 3.05) is 0 Å². The van der Waals surface area contributed by atoms with Crippen molar-refractivity contribution >= 4 is 0 Å². The minimum atomic E-state index is -0.381. The van der Waals surface area contributed by atoms with E-state index in [4.69, 9.17) is 0 Å². The van der Waals surface area contributed by atoms with Gasteiger partial charge < -0.3 is 5.11 Å². The van der Waals surface area contributed by atoms with Gasteiger partial charge in [0.05, 0.1) is 6.10 Å². The number of hydrogen-bond donors (Lipinski definition) is 1. The highest BCUT2D eigenvalue weighted by Crippen LogP contribution is 2.21. The Morgan fingerprint density at radius 3 is 2.50 bits per heavy atom. The Morgan fingerprint density at radius 2 is 1.89 bits per heavy atom. The smallest absolute Gasteiger partial charge is 0.0789 e. The zero-order valence-electron chi connectivity index (χ0n) is 11.9. The first-order valence-corrected chi connectivity index (χ1v) is 7.05. The summed E-state index contributed by atoms with van der Waals surface area (Å²) in [6, 6.07) is 10.2. The van der Waals surface area contributed by atoms with Crippen molar-refractivity contribution in [3.63, 3.8) is 0 Å². The molecule has 0 aliphatic heterocycles. The number of allylic oxidation sites excluding steroid dienone is 1. The largest absolute Gasteiger partial charge is 0.388 e. The lowest BCUT2D eigenvalue weighted by molar-refractivity contribution is 0.196. The van der Waals surface area contributed by atoms with Crippen LogP contribution in [-0.2, 0) is 0 Å². The van der Waals surface area contributed by atoms with E-state index < -0.39 is 0 Å². The highest BCUT2D eigenvalue weighted by Gasteiger charge is 2.13. The topological polar surface area (TPSA) is 20.2 Å². The van der Waals surface area contributed by atoms with Gasteiger partial charge in [-0.05, 0) is 25.3 Å². The molecule has 0 aliphatic carbocycles. The quantitative estimate of drug-likeness (QED) is 0.547. The van der Waals surface area contributed by atoms with Crippen molar-refractivity contribution in [1.82, 2.24) is 0 Å². The Balaban J connectivity index is 2.53. The van der Waals surface area contributed by atoms with Crippen molar-refractivity contribution in [2.24, 2.45) is 0 Å². The molecular formula is C17H26O. The first-order valence-electron chi connectivity index (χ1n) is 7.05. The summed E-state index contributed by atoms with van der Waals surface area (Å²) in [5.74, 6) is 0.160. The number of hydrogen-bond acceptors (Lipinski definition) is 1. The molecule has 0 aromatic heterocycles. The van der Waals surface area contributed by atoms with E-state index in [1.165, 1.54) is 30.4 Å². The second-order valence-corrected chi connectivity index (χ2v) is 5.16. The Kier molecular flexibility index (Phi) is 6.74. The molecule has 0 saturated heterocycles. The Labute approximate surface area is 112 Å². The van der Waals surface area contributed by atoms with Crippen LogP contribution in [0.3, 0.4) is 0 Å². The molecule has 1 aromatic carbocycles. The molecule has 0 spiro atoms. The van der Waals surface area contributed by atoms with Crippen LogP contribution in [0.4, 0.5) is 0 Å². The molecule has 0 amide bonds. The Morgan fingerprint density at radius 1 is 1.22 bits per heavy atom. The second kappa shape index (κ2) is 8.10. The predicted octanol–water partition coefficient (Wildman–Crippen LogP) is 4.68. The molecule has 1 rings (SSSR count). The molecule has 0 bridgehead atoms. The van der Waals surface area contributed by atoms with Gasteiger partial charge in [0, 0.05) is 5.92 Å². The van der Waals surface area contributed by atoms with E-state index in [0.717, 1.165) is 6.42 Å². The first kappa shape index (κ1) is 15.0. The Hall–Kier alpha value is -1.08. The molecule has 1 N–H and O–H groups in total. The fourth-order valence-corrected chi connectivity index (χ4v) is 2.13.